The molecule has 0 bridgehead atoms. The Morgan fingerprint density at radius 3 is 2.35 bits per heavy atom. The minimum Gasteiger partial charge on any atom is -0.389 e. The lowest BCUT2D eigenvalue weighted by molar-refractivity contribution is -0.141. The molecule has 3 nitrogen and oxygen atoms in total. The second-order valence-corrected chi connectivity index (χ2v) is 5.18. The number of benzene rings is 1. The summed E-state index contributed by atoms with van der Waals surface area (Å²) in [4.78, 5) is 13.4. The van der Waals surface area contributed by atoms with Crippen molar-refractivity contribution in [1.82, 2.24) is 4.90 Å². The van der Waals surface area contributed by atoms with Crippen molar-refractivity contribution in [2.45, 2.75) is 31.5 Å². The Morgan fingerprint density at radius 2 is 1.90 bits per heavy atom. The maximum Gasteiger partial charge on any atom is 0.416 e. The minimum atomic E-state index is -4.34. The molecule has 1 fully saturated rings. The van der Waals surface area contributed by atoms with Crippen LogP contribution in [0.25, 0.3) is 0 Å². The van der Waals surface area contributed by atoms with E-state index in [0.29, 0.717) is 18.7 Å². The quantitative estimate of drug-likeness (QED) is 0.927. The van der Waals surface area contributed by atoms with Crippen molar-refractivity contribution in [2.75, 3.05) is 13.1 Å². The zero-order chi connectivity index (χ0) is 14.9. The van der Waals surface area contributed by atoms with E-state index in [1.165, 1.54) is 12.1 Å². The predicted octanol–water partition coefficient (Wildman–Crippen LogP) is 2.40. The summed E-state index contributed by atoms with van der Waals surface area (Å²) in [6.45, 7) is 2.49. The number of β-amino-alcohol motifs (C(OH)–C–C–N with tert-alkyl or cyclic N) is 1. The monoisotopic (exact) mass is 287 g/mol. The van der Waals surface area contributed by atoms with Gasteiger partial charge in [-0.1, -0.05) is 19.1 Å². The number of amides is 1. The molecular formula is C14H16F3NO2. The van der Waals surface area contributed by atoms with E-state index >= 15 is 0 Å². The summed E-state index contributed by atoms with van der Waals surface area (Å²) in [7, 11) is 0. The standard InChI is InChI=1S/C14H16F3NO2/c1-9(6-13(20)18-7-12(19)8-18)10-2-4-11(5-3-10)14(15,16)17/h2-5,9,12,19H,6-8H2,1H3. The summed E-state index contributed by atoms with van der Waals surface area (Å²) >= 11 is 0. The minimum absolute atomic E-state index is 0.0808. The molecule has 1 unspecified atom stereocenters. The van der Waals surface area contributed by atoms with Gasteiger partial charge in [0.1, 0.15) is 0 Å². The van der Waals surface area contributed by atoms with Gasteiger partial charge in [0.05, 0.1) is 11.7 Å². The van der Waals surface area contributed by atoms with E-state index in [4.69, 9.17) is 5.11 Å². The molecule has 0 radical (unpaired) electrons. The van der Waals surface area contributed by atoms with Gasteiger partial charge in [-0.2, -0.15) is 13.2 Å². The van der Waals surface area contributed by atoms with Crippen LogP contribution in [0.1, 0.15) is 30.4 Å². The van der Waals surface area contributed by atoms with E-state index in [-0.39, 0.29) is 18.2 Å². The fourth-order valence-corrected chi connectivity index (χ4v) is 2.17. The first-order valence-electron chi connectivity index (χ1n) is 6.40. The molecule has 1 aliphatic rings. The second kappa shape index (κ2) is 5.44. The molecule has 0 aromatic heterocycles. The fourth-order valence-electron chi connectivity index (χ4n) is 2.17. The van der Waals surface area contributed by atoms with Crippen molar-refractivity contribution in [1.29, 1.82) is 0 Å². The number of carbonyl (C=O) groups is 1. The van der Waals surface area contributed by atoms with Crippen LogP contribution in [0, 0.1) is 0 Å². The van der Waals surface area contributed by atoms with Gasteiger partial charge in [0, 0.05) is 19.5 Å². The number of alkyl halides is 3. The predicted molar refractivity (Wildman–Crippen MR) is 67.1 cm³/mol. The van der Waals surface area contributed by atoms with Gasteiger partial charge in [0.15, 0.2) is 0 Å². The van der Waals surface area contributed by atoms with Crippen molar-refractivity contribution in [3.63, 3.8) is 0 Å². The first-order chi connectivity index (χ1) is 9.27. The van der Waals surface area contributed by atoms with Crippen LogP contribution in [-0.2, 0) is 11.0 Å². The highest BCUT2D eigenvalue weighted by Crippen LogP contribution is 2.30. The Kier molecular flexibility index (Phi) is 4.04. The van der Waals surface area contributed by atoms with E-state index < -0.39 is 17.8 Å². The van der Waals surface area contributed by atoms with Gasteiger partial charge in [0.2, 0.25) is 5.91 Å². The van der Waals surface area contributed by atoms with E-state index in [1.807, 2.05) is 0 Å². The molecule has 0 spiro atoms. The number of hydrogen-bond donors (Lipinski definition) is 1. The van der Waals surface area contributed by atoms with Crippen LogP contribution in [0.3, 0.4) is 0 Å². The molecule has 1 aliphatic heterocycles. The number of aliphatic hydroxyl groups excluding tert-OH is 1. The SMILES string of the molecule is CC(CC(=O)N1CC(O)C1)c1ccc(C(F)(F)F)cc1. The summed E-state index contributed by atoms with van der Waals surface area (Å²) in [5, 5.41) is 9.12. The summed E-state index contributed by atoms with van der Waals surface area (Å²) in [5.41, 5.74) is 0.0121. The van der Waals surface area contributed by atoms with Gasteiger partial charge in [-0.3, -0.25) is 4.79 Å². The summed E-state index contributed by atoms with van der Waals surface area (Å²) in [5.74, 6) is -0.231. The smallest absolute Gasteiger partial charge is 0.389 e. The molecular weight excluding hydrogens is 271 g/mol. The van der Waals surface area contributed by atoms with Crippen molar-refractivity contribution in [3.05, 3.63) is 35.4 Å². The second-order valence-electron chi connectivity index (χ2n) is 5.18. The van der Waals surface area contributed by atoms with E-state index in [0.717, 1.165) is 12.1 Å². The molecule has 1 saturated heterocycles. The zero-order valence-corrected chi connectivity index (χ0v) is 11.0. The average molecular weight is 287 g/mol. The van der Waals surface area contributed by atoms with Crippen LogP contribution < -0.4 is 0 Å². The molecule has 1 aromatic rings. The first-order valence-corrected chi connectivity index (χ1v) is 6.40. The molecule has 0 saturated carbocycles. The molecule has 1 atom stereocenters. The Labute approximate surface area is 115 Å². The molecule has 1 aromatic carbocycles. The van der Waals surface area contributed by atoms with Crippen LogP contribution in [0.2, 0.25) is 0 Å². The highest BCUT2D eigenvalue weighted by atomic mass is 19.4. The van der Waals surface area contributed by atoms with Crippen LogP contribution in [-0.4, -0.2) is 35.1 Å². The lowest BCUT2D eigenvalue weighted by Crippen LogP contribution is -2.53. The van der Waals surface area contributed by atoms with Gasteiger partial charge in [-0.25, -0.2) is 0 Å². The Morgan fingerprint density at radius 1 is 1.35 bits per heavy atom. The lowest BCUT2D eigenvalue weighted by Gasteiger charge is -2.36. The number of nitrogens with zero attached hydrogens (tertiary/aromatic N) is 1. The molecule has 0 aliphatic carbocycles. The molecule has 1 heterocycles. The molecule has 1 amide bonds. The molecule has 6 heteroatoms. The van der Waals surface area contributed by atoms with Crippen LogP contribution in [0.4, 0.5) is 13.2 Å². The molecule has 20 heavy (non-hydrogen) atoms. The average Bonchev–Trinajstić information content (AvgIpc) is 2.34. The van der Waals surface area contributed by atoms with Gasteiger partial charge >= 0.3 is 6.18 Å². The van der Waals surface area contributed by atoms with Crippen molar-refractivity contribution in [2.24, 2.45) is 0 Å². The highest BCUT2D eigenvalue weighted by Gasteiger charge is 2.31. The van der Waals surface area contributed by atoms with E-state index in [9.17, 15) is 18.0 Å². The normalized spacial score (nSPS) is 17.8. The third-order valence-corrected chi connectivity index (χ3v) is 3.50. The highest BCUT2D eigenvalue weighted by molar-refractivity contribution is 5.78. The number of carbonyl (C=O) groups excluding carboxylic acids is 1. The maximum atomic E-state index is 12.4. The lowest BCUT2D eigenvalue weighted by atomic mass is 9.95. The number of likely N-dealkylation sites (tertiary alicyclic amines) is 1. The Bertz CT molecular complexity index is 478. The third kappa shape index (κ3) is 3.30. The van der Waals surface area contributed by atoms with Crippen LogP contribution in [0.15, 0.2) is 24.3 Å². The van der Waals surface area contributed by atoms with Crippen LogP contribution in [0.5, 0.6) is 0 Å². The number of hydrogen-bond acceptors (Lipinski definition) is 2. The Balaban J connectivity index is 1.95. The van der Waals surface area contributed by atoms with Crippen molar-refractivity contribution in [3.8, 4) is 0 Å². The molecule has 110 valence electrons. The van der Waals surface area contributed by atoms with Crippen molar-refractivity contribution < 1.29 is 23.1 Å². The number of aliphatic hydroxyl groups is 1. The molecule has 2 rings (SSSR count). The van der Waals surface area contributed by atoms with Crippen LogP contribution >= 0.6 is 0 Å². The maximum absolute atomic E-state index is 12.4. The Hall–Kier alpha value is -1.56. The fraction of sp³-hybridized carbons (Fsp3) is 0.500. The zero-order valence-electron chi connectivity index (χ0n) is 11.0. The largest absolute Gasteiger partial charge is 0.416 e. The first kappa shape index (κ1) is 14.8. The van der Waals surface area contributed by atoms with Gasteiger partial charge in [-0.05, 0) is 23.6 Å². The number of rotatable bonds is 3. The third-order valence-electron chi connectivity index (χ3n) is 3.50. The number of halogens is 3. The summed E-state index contributed by atoms with van der Waals surface area (Å²) in [6.07, 6.45) is -4.55. The summed E-state index contributed by atoms with van der Waals surface area (Å²) in [6, 6.07) is 4.88. The van der Waals surface area contributed by atoms with Gasteiger partial charge in [-0.15, -0.1) is 0 Å². The topological polar surface area (TPSA) is 40.5 Å². The van der Waals surface area contributed by atoms with E-state index in [1.54, 1.807) is 11.8 Å². The van der Waals surface area contributed by atoms with E-state index in [2.05, 4.69) is 0 Å². The molecule has 1 N–H and O–H groups in total. The van der Waals surface area contributed by atoms with Gasteiger partial charge < -0.3 is 10.0 Å². The summed E-state index contributed by atoms with van der Waals surface area (Å²) < 4.78 is 37.3. The van der Waals surface area contributed by atoms with Gasteiger partial charge in [0.25, 0.3) is 0 Å². The van der Waals surface area contributed by atoms with Crippen molar-refractivity contribution >= 4 is 5.91 Å².